The van der Waals surface area contributed by atoms with Crippen molar-refractivity contribution in [3.8, 4) is 11.5 Å². The second-order valence-corrected chi connectivity index (χ2v) is 5.05. The summed E-state index contributed by atoms with van der Waals surface area (Å²) in [5, 5.41) is 9.18. The minimum Gasteiger partial charge on any atom is -0.490 e. The highest BCUT2D eigenvalue weighted by molar-refractivity contribution is 5.95. The summed E-state index contributed by atoms with van der Waals surface area (Å²) in [6, 6.07) is 11.5. The summed E-state index contributed by atoms with van der Waals surface area (Å²) < 4.78 is 10.7. The number of carboxylic acids is 1. The first-order valence-electron chi connectivity index (χ1n) is 7.89. The van der Waals surface area contributed by atoms with Gasteiger partial charge in [-0.3, -0.25) is 9.79 Å². The number of aromatic carboxylic acids is 1. The van der Waals surface area contributed by atoms with Crippen molar-refractivity contribution in [2.75, 3.05) is 6.61 Å². The number of carbonyl (C=O) groups excluding carboxylic acids is 1. The van der Waals surface area contributed by atoms with E-state index in [1.165, 1.54) is 12.3 Å². The summed E-state index contributed by atoms with van der Waals surface area (Å²) in [6.45, 7) is 3.96. The number of ether oxygens (including phenoxy) is 2. The molecule has 6 nitrogen and oxygen atoms in total. The molecular formula is C19H19NO5. The number of rotatable bonds is 7. The first kappa shape index (κ1) is 18.2. The molecule has 2 aromatic carbocycles. The molecule has 130 valence electrons. The molecule has 2 rings (SSSR count). The third-order valence-electron chi connectivity index (χ3n) is 3.27. The summed E-state index contributed by atoms with van der Waals surface area (Å²) in [5.74, 6) is -0.612. The molecule has 0 aliphatic carbocycles. The molecule has 0 saturated heterocycles. The van der Waals surface area contributed by atoms with Gasteiger partial charge in [0, 0.05) is 12.6 Å². The van der Waals surface area contributed by atoms with Crippen molar-refractivity contribution in [1.29, 1.82) is 0 Å². The SMILES string of the molecule is CCOc1cc(C=Nc2ccccc2C(=O)O)ccc1OC(=O)CC. The van der Waals surface area contributed by atoms with E-state index < -0.39 is 5.97 Å². The molecule has 0 atom stereocenters. The fourth-order valence-electron chi connectivity index (χ4n) is 2.06. The predicted octanol–water partition coefficient (Wildman–Crippen LogP) is 3.85. The Labute approximate surface area is 145 Å². The summed E-state index contributed by atoms with van der Waals surface area (Å²) >= 11 is 0. The predicted molar refractivity (Wildman–Crippen MR) is 94.2 cm³/mol. The molecule has 0 aromatic heterocycles. The highest BCUT2D eigenvalue weighted by Gasteiger charge is 2.10. The minimum absolute atomic E-state index is 0.122. The number of nitrogens with zero attached hydrogens (tertiary/aromatic N) is 1. The average molecular weight is 341 g/mol. The number of aliphatic imine (C=N–C) groups is 1. The van der Waals surface area contributed by atoms with Gasteiger partial charge in [0.2, 0.25) is 0 Å². The van der Waals surface area contributed by atoms with Crippen molar-refractivity contribution >= 4 is 23.8 Å². The van der Waals surface area contributed by atoms with Crippen molar-refractivity contribution in [2.24, 2.45) is 4.99 Å². The first-order chi connectivity index (χ1) is 12.0. The Morgan fingerprint density at radius 3 is 2.56 bits per heavy atom. The highest BCUT2D eigenvalue weighted by atomic mass is 16.6. The van der Waals surface area contributed by atoms with Gasteiger partial charge in [-0.05, 0) is 42.8 Å². The molecule has 1 N–H and O–H groups in total. The van der Waals surface area contributed by atoms with Crippen molar-refractivity contribution < 1.29 is 24.2 Å². The number of benzene rings is 2. The van der Waals surface area contributed by atoms with Gasteiger partial charge in [0.15, 0.2) is 11.5 Å². The molecule has 2 aromatic rings. The molecule has 0 heterocycles. The third-order valence-corrected chi connectivity index (χ3v) is 3.27. The van der Waals surface area contributed by atoms with Crippen LogP contribution in [0.4, 0.5) is 5.69 Å². The second-order valence-electron chi connectivity index (χ2n) is 5.05. The van der Waals surface area contributed by atoms with E-state index in [0.717, 1.165) is 0 Å². The fraction of sp³-hybridized carbons (Fsp3) is 0.211. The van der Waals surface area contributed by atoms with Gasteiger partial charge < -0.3 is 14.6 Å². The number of hydrogen-bond acceptors (Lipinski definition) is 5. The molecule has 0 unspecified atom stereocenters. The van der Waals surface area contributed by atoms with E-state index in [1.807, 2.05) is 6.92 Å². The zero-order chi connectivity index (χ0) is 18.2. The highest BCUT2D eigenvalue weighted by Crippen LogP contribution is 2.29. The van der Waals surface area contributed by atoms with Crippen LogP contribution in [-0.4, -0.2) is 29.9 Å². The molecule has 0 amide bonds. The van der Waals surface area contributed by atoms with Gasteiger partial charge in [-0.1, -0.05) is 19.1 Å². The maximum absolute atomic E-state index is 11.5. The first-order valence-corrected chi connectivity index (χ1v) is 7.89. The van der Waals surface area contributed by atoms with Crippen molar-refractivity contribution in [2.45, 2.75) is 20.3 Å². The van der Waals surface area contributed by atoms with Crippen molar-refractivity contribution in [1.82, 2.24) is 0 Å². The Morgan fingerprint density at radius 1 is 1.12 bits per heavy atom. The molecular weight excluding hydrogens is 322 g/mol. The van der Waals surface area contributed by atoms with Crippen molar-refractivity contribution in [3.63, 3.8) is 0 Å². The van der Waals surface area contributed by atoms with Gasteiger partial charge >= 0.3 is 11.9 Å². The standard InChI is InChI=1S/C19H19NO5/c1-3-18(21)25-16-10-9-13(11-17(16)24-4-2)12-20-15-8-6-5-7-14(15)19(22)23/h5-12H,3-4H2,1-2H3,(H,22,23). The second kappa shape index (κ2) is 8.63. The molecule has 0 aliphatic rings. The van der Waals surface area contributed by atoms with E-state index in [4.69, 9.17) is 9.47 Å². The van der Waals surface area contributed by atoms with Crippen LogP contribution in [0.1, 0.15) is 36.2 Å². The van der Waals surface area contributed by atoms with E-state index >= 15 is 0 Å². The van der Waals surface area contributed by atoms with Gasteiger partial charge in [-0.25, -0.2) is 4.79 Å². The van der Waals surface area contributed by atoms with Crippen LogP contribution < -0.4 is 9.47 Å². The lowest BCUT2D eigenvalue weighted by Gasteiger charge is -2.10. The van der Waals surface area contributed by atoms with Gasteiger partial charge in [0.1, 0.15) is 0 Å². The number of carboxylic acid groups (broad SMARTS) is 1. The molecule has 0 aliphatic heterocycles. The molecule has 0 fully saturated rings. The van der Waals surface area contributed by atoms with Crippen LogP contribution in [-0.2, 0) is 4.79 Å². The normalized spacial score (nSPS) is 10.6. The molecule has 6 heteroatoms. The average Bonchev–Trinajstić information content (AvgIpc) is 2.62. The van der Waals surface area contributed by atoms with E-state index in [-0.39, 0.29) is 18.0 Å². The smallest absolute Gasteiger partial charge is 0.337 e. The Bertz CT molecular complexity index is 798. The number of hydrogen-bond donors (Lipinski definition) is 1. The minimum atomic E-state index is -1.04. The Kier molecular flexibility index (Phi) is 6.28. The van der Waals surface area contributed by atoms with Gasteiger partial charge in [-0.15, -0.1) is 0 Å². The largest absolute Gasteiger partial charge is 0.490 e. The Balaban J connectivity index is 2.29. The van der Waals surface area contributed by atoms with Crippen molar-refractivity contribution in [3.05, 3.63) is 53.6 Å². The molecule has 0 spiro atoms. The van der Waals surface area contributed by atoms with Crippen LogP contribution >= 0.6 is 0 Å². The van der Waals surface area contributed by atoms with Gasteiger partial charge in [0.05, 0.1) is 17.9 Å². The van der Waals surface area contributed by atoms with Crippen LogP contribution in [0.25, 0.3) is 0 Å². The number of carbonyl (C=O) groups is 2. The van der Waals surface area contributed by atoms with E-state index in [9.17, 15) is 14.7 Å². The zero-order valence-corrected chi connectivity index (χ0v) is 14.1. The Hall–Kier alpha value is -3.15. The summed E-state index contributed by atoms with van der Waals surface area (Å²) in [4.78, 5) is 26.9. The zero-order valence-electron chi connectivity index (χ0n) is 14.1. The lowest BCUT2D eigenvalue weighted by molar-refractivity contribution is -0.134. The van der Waals surface area contributed by atoms with Gasteiger partial charge in [-0.2, -0.15) is 0 Å². The molecule has 0 saturated carbocycles. The number of esters is 1. The lowest BCUT2D eigenvalue weighted by Crippen LogP contribution is -2.07. The quantitative estimate of drug-likeness (QED) is 0.470. The van der Waals surface area contributed by atoms with E-state index in [2.05, 4.69) is 4.99 Å². The topological polar surface area (TPSA) is 85.2 Å². The summed E-state index contributed by atoms with van der Waals surface area (Å²) in [6.07, 6.45) is 1.80. The lowest BCUT2D eigenvalue weighted by atomic mass is 10.2. The van der Waals surface area contributed by atoms with Crippen LogP contribution in [0.5, 0.6) is 11.5 Å². The summed E-state index contributed by atoms with van der Waals surface area (Å²) in [5.41, 5.74) is 1.17. The van der Waals surface area contributed by atoms with Crippen LogP contribution in [0, 0.1) is 0 Å². The summed E-state index contributed by atoms with van der Waals surface area (Å²) in [7, 11) is 0. The van der Waals surface area contributed by atoms with Crippen LogP contribution in [0.2, 0.25) is 0 Å². The Morgan fingerprint density at radius 2 is 1.88 bits per heavy atom. The molecule has 25 heavy (non-hydrogen) atoms. The molecule has 0 bridgehead atoms. The van der Waals surface area contributed by atoms with Crippen LogP contribution in [0.3, 0.4) is 0 Å². The van der Waals surface area contributed by atoms with E-state index in [1.54, 1.807) is 43.3 Å². The monoisotopic (exact) mass is 341 g/mol. The van der Waals surface area contributed by atoms with Gasteiger partial charge in [0.25, 0.3) is 0 Å². The molecule has 0 radical (unpaired) electrons. The maximum Gasteiger partial charge on any atom is 0.337 e. The fourth-order valence-corrected chi connectivity index (χ4v) is 2.06. The van der Waals surface area contributed by atoms with Crippen LogP contribution in [0.15, 0.2) is 47.5 Å². The third kappa shape index (κ3) is 4.91. The maximum atomic E-state index is 11.5. The number of para-hydroxylation sites is 1. The van der Waals surface area contributed by atoms with E-state index in [0.29, 0.717) is 29.4 Å².